The summed E-state index contributed by atoms with van der Waals surface area (Å²) in [5.74, 6) is 0.548. The summed E-state index contributed by atoms with van der Waals surface area (Å²) in [5, 5.41) is 6.43. The summed E-state index contributed by atoms with van der Waals surface area (Å²) in [4.78, 5) is 4.16. The Hall–Kier alpha value is -0.980. The summed E-state index contributed by atoms with van der Waals surface area (Å²) in [6, 6.07) is 10.2. The fourth-order valence-electron chi connectivity index (χ4n) is 1.38. The highest BCUT2D eigenvalue weighted by molar-refractivity contribution is 14.0. The molecule has 4 N–H and O–H groups in total. The number of hydrogen-bond donors (Lipinski definition) is 3. The Kier molecular flexibility index (Phi) is 10.5. The maximum Gasteiger partial charge on any atom is 0.188 e. The van der Waals surface area contributed by atoms with Crippen LogP contribution >= 0.6 is 24.0 Å². The van der Waals surface area contributed by atoms with Gasteiger partial charge in [-0.3, -0.25) is 4.99 Å². The second kappa shape index (κ2) is 11.1. The van der Waals surface area contributed by atoms with Crippen LogP contribution in [0, 0.1) is 0 Å². The summed E-state index contributed by atoms with van der Waals surface area (Å²) >= 11 is 0. The van der Waals surface area contributed by atoms with E-state index in [-0.39, 0.29) is 24.0 Å². The molecule has 1 rings (SSSR count). The molecule has 0 bridgehead atoms. The first-order valence-corrected chi connectivity index (χ1v) is 6.15. The monoisotopic (exact) mass is 362 g/mol. The minimum atomic E-state index is 0. The van der Waals surface area contributed by atoms with E-state index in [1.54, 1.807) is 0 Å². The van der Waals surface area contributed by atoms with Gasteiger partial charge in [0.15, 0.2) is 5.96 Å². The Bertz CT molecular complexity index is 327. The molecule has 0 radical (unpaired) electrons. The van der Waals surface area contributed by atoms with Gasteiger partial charge < -0.3 is 16.4 Å². The van der Waals surface area contributed by atoms with Crippen LogP contribution in [0.15, 0.2) is 35.3 Å². The van der Waals surface area contributed by atoms with Crippen molar-refractivity contribution in [3.63, 3.8) is 0 Å². The quantitative estimate of drug-likeness (QED) is 0.302. The van der Waals surface area contributed by atoms with Crippen LogP contribution < -0.4 is 16.4 Å². The molecule has 18 heavy (non-hydrogen) atoms. The molecule has 0 atom stereocenters. The predicted octanol–water partition coefficient (Wildman–Crippen LogP) is 2.42. The van der Waals surface area contributed by atoms with Crippen molar-refractivity contribution >= 4 is 35.6 Å². The average Bonchev–Trinajstić information content (AvgIpc) is 2.37. The summed E-state index contributed by atoms with van der Waals surface area (Å²) < 4.78 is 0. The standard InChI is InChI=1S/C13H22N4.HI/c1-2-9-16-13(14)17-11-6-10-15-12-7-4-3-5-8-12;/h3-5,7-8,15H,2,6,9-11H2,1H3,(H3,14,16,17);1H. The van der Waals surface area contributed by atoms with Crippen LogP contribution in [-0.4, -0.2) is 25.6 Å². The van der Waals surface area contributed by atoms with E-state index in [9.17, 15) is 0 Å². The molecule has 4 nitrogen and oxygen atoms in total. The number of para-hydroxylation sites is 1. The third-order valence-corrected chi connectivity index (χ3v) is 2.27. The van der Waals surface area contributed by atoms with Gasteiger partial charge in [0.25, 0.3) is 0 Å². The van der Waals surface area contributed by atoms with E-state index in [0.717, 1.165) is 38.2 Å². The summed E-state index contributed by atoms with van der Waals surface area (Å²) in [7, 11) is 0. The van der Waals surface area contributed by atoms with Gasteiger partial charge in [-0.2, -0.15) is 0 Å². The van der Waals surface area contributed by atoms with Gasteiger partial charge in [0.1, 0.15) is 0 Å². The summed E-state index contributed by atoms with van der Waals surface area (Å²) in [6.45, 7) is 4.65. The second-order valence-corrected chi connectivity index (χ2v) is 3.84. The van der Waals surface area contributed by atoms with Crippen LogP contribution in [-0.2, 0) is 0 Å². The Balaban J connectivity index is 0.00000289. The van der Waals surface area contributed by atoms with Crippen LogP contribution in [0.25, 0.3) is 0 Å². The third kappa shape index (κ3) is 8.16. The summed E-state index contributed by atoms with van der Waals surface area (Å²) in [6.07, 6.45) is 2.04. The highest BCUT2D eigenvalue weighted by atomic mass is 127. The number of nitrogens with zero attached hydrogens (tertiary/aromatic N) is 1. The molecule has 0 amide bonds. The Morgan fingerprint density at radius 3 is 2.61 bits per heavy atom. The number of benzene rings is 1. The molecule has 1 aromatic rings. The molecule has 0 saturated carbocycles. The molecule has 0 saturated heterocycles. The number of aliphatic imine (C=N–C) groups is 1. The number of nitrogens with two attached hydrogens (primary N) is 1. The van der Waals surface area contributed by atoms with Crippen LogP contribution in [0.5, 0.6) is 0 Å². The van der Waals surface area contributed by atoms with Crippen molar-refractivity contribution in [2.45, 2.75) is 19.8 Å². The maximum atomic E-state index is 5.67. The molecule has 0 aliphatic carbocycles. The molecule has 0 unspecified atom stereocenters. The largest absolute Gasteiger partial charge is 0.385 e. The zero-order valence-corrected chi connectivity index (χ0v) is 13.2. The SMILES string of the molecule is CCCN=C(N)NCCCNc1ccccc1.I. The number of nitrogens with one attached hydrogen (secondary N) is 2. The van der Waals surface area contributed by atoms with Gasteiger partial charge >= 0.3 is 0 Å². The lowest BCUT2D eigenvalue weighted by molar-refractivity contribution is 0.791. The maximum absolute atomic E-state index is 5.67. The molecule has 1 aromatic carbocycles. The molecular weight excluding hydrogens is 339 g/mol. The summed E-state index contributed by atoms with van der Waals surface area (Å²) in [5.41, 5.74) is 6.82. The molecule has 0 fully saturated rings. The van der Waals surface area contributed by atoms with Crippen molar-refractivity contribution in [2.24, 2.45) is 10.7 Å². The molecular formula is C13H23IN4. The van der Waals surface area contributed by atoms with Gasteiger partial charge in [-0.1, -0.05) is 25.1 Å². The second-order valence-electron chi connectivity index (χ2n) is 3.84. The number of anilines is 1. The minimum absolute atomic E-state index is 0. The van der Waals surface area contributed by atoms with E-state index in [1.807, 2.05) is 18.2 Å². The van der Waals surface area contributed by atoms with E-state index in [2.05, 4.69) is 34.7 Å². The lowest BCUT2D eigenvalue weighted by Gasteiger charge is -2.07. The van der Waals surface area contributed by atoms with Crippen molar-refractivity contribution < 1.29 is 0 Å². The molecule has 102 valence electrons. The molecule has 0 spiro atoms. The Morgan fingerprint density at radius 1 is 1.22 bits per heavy atom. The smallest absolute Gasteiger partial charge is 0.188 e. The molecule has 0 aliphatic heterocycles. The van der Waals surface area contributed by atoms with Crippen molar-refractivity contribution in [1.82, 2.24) is 5.32 Å². The lowest BCUT2D eigenvalue weighted by atomic mass is 10.3. The van der Waals surface area contributed by atoms with E-state index >= 15 is 0 Å². The van der Waals surface area contributed by atoms with Gasteiger partial charge in [-0.15, -0.1) is 24.0 Å². The lowest BCUT2D eigenvalue weighted by Crippen LogP contribution is -2.33. The fourth-order valence-corrected chi connectivity index (χ4v) is 1.38. The number of hydrogen-bond acceptors (Lipinski definition) is 2. The fraction of sp³-hybridized carbons (Fsp3) is 0.462. The van der Waals surface area contributed by atoms with Gasteiger partial charge in [-0.25, -0.2) is 0 Å². The number of rotatable bonds is 7. The molecule has 0 heterocycles. The topological polar surface area (TPSA) is 62.4 Å². The highest BCUT2D eigenvalue weighted by Crippen LogP contribution is 2.03. The van der Waals surface area contributed by atoms with Crippen molar-refractivity contribution in [1.29, 1.82) is 0 Å². The van der Waals surface area contributed by atoms with Crippen LogP contribution in [0.3, 0.4) is 0 Å². The van der Waals surface area contributed by atoms with Crippen LogP contribution in [0.1, 0.15) is 19.8 Å². The Morgan fingerprint density at radius 2 is 1.94 bits per heavy atom. The van der Waals surface area contributed by atoms with E-state index < -0.39 is 0 Å². The van der Waals surface area contributed by atoms with Crippen LogP contribution in [0.4, 0.5) is 5.69 Å². The zero-order chi connectivity index (χ0) is 12.3. The van der Waals surface area contributed by atoms with Gasteiger partial charge in [-0.05, 0) is 25.0 Å². The number of guanidine groups is 1. The van der Waals surface area contributed by atoms with Gasteiger partial charge in [0, 0.05) is 25.3 Å². The first-order valence-electron chi connectivity index (χ1n) is 6.15. The third-order valence-electron chi connectivity index (χ3n) is 2.27. The average molecular weight is 362 g/mol. The zero-order valence-electron chi connectivity index (χ0n) is 10.9. The van der Waals surface area contributed by atoms with Gasteiger partial charge in [0.2, 0.25) is 0 Å². The van der Waals surface area contributed by atoms with Crippen LogP contribution in [0.2, 0.25) is 0 Å². The minimum Gasteiger partial charge on any atom is -0.385 e. The molecule has 5 heteroatoms. The van der Waals surface area contributed by atoms with Crippen molar-refractivity contribution in [2.75, 3.05) is 25.0 Å². The molecule has 0 aromatic heterocycles. The van der Waals surface area contributed by atoms with Crippen molar-refractivity contribution in [3.05, 3.63) is 30.3 Å². The molecule has 0 aliphatic rings. The first-order chi connectivity index (χ1) is 8.33. The van der Waals surface area contributed by atoms with Crippen molar-refractivity contribution in [3.8, 4) is 0 Å². The van der Waals surface area contributed by atoms with E-state index in [0.29, 0.717) is 5.96 Å². The first kappa shape index (κ1) is 17.0. The van der Waals surface area contributed by atoms with E-state index in [4.69, 9.17) is 5.73 Å². The van der Waals surface area contributed by atoms with E-state index in [1.165, 1.54) is 0 Å². The predicted molar refractivity (Wildman–Crippen MR) is 89.7 cm³/mol. The van der Waals surface area contributed by atoms with Gasteiger partial charge in [0.05, 0.1) is 0 Å². The number of halogens is 1. The highest BCUT2D eigenvalue weighted by Gasteiger charge is 1.92. The Labute approximate surface area is 126 Å². The normalized spacial score (nSPS) is 10.6.